The van der Waals surface area contributed by atoms with E-state index in [0.29, 0.717) is 0 Å². The van der Waals surface area contributed by atoms with Gasteiger partial charge in [-0.25, -0.2) is 9.97 Å². The van der Waals surface area contributed by atoms with Gasteiger partial charge in [0, 0.05) is 46.5 Å². The van der Waals surface area contributed by atoms with Crippen molar-refractivity contribution in [1.29, 1.82) is 0 Å². The molecule has 0 unspecified atom stereocenters. The maximum atomic E-state index is 5.39. The third-order valence-electron chi connectivity index (χ3n) is 12.8. The van der Waals surface area contributed by atoms with Gasteiger partial charge >= 0.3 is 0 Å². The topological polar surface area (TPSA) is 60.6 Å². The zero-order chi connectivity index (χ0) is 45.2. The average molecular weight is 862 g/mol. The molecule has 0 saturated heterocycles. The summed E-state index contributed by atoms with van der Waals surface area (Å²) in [6.07, 6.45) is 28.7. The van der Waals surface area contributed by atoms with Crippen LogP contribution in [0.3, 0.4) is 0 Å². The lowest BCUT2D eigenvalue weighted by atomic mass is 10.0. The summed E-state index contributed by atoms with van der Waals surface area (Å²) in [5.41, 5.74) is 16.5. The molecule has 3 aromatic heterocycles. The van der Waals surface area contributed by atoms with Crippen LogP contribution in [0.5, 0.6) is 0 Å². The third-order valence-corrected chi connectivity index (χ3v) is 12.8. The Labute approximate surface area is 390 Å². The lowest BCUT2D eigenvalue weighted by Gasteiger charge is -2.25. The fourth-order valence-corrected chi connectivity index (χ4v) is 8.88. The number of nitrogens with one attached hydrogen (secondary N) is 2. The van der Waals surface area contributed by atoms with Crippen LogP contribution in [0.25, 0.3) is 46.4 Å². The molecule has 0 radical (unpaired) electrons. The monoisotopic (exact) mass is 862 g/mol. The molecule has 2 N–H and O–H groups in total. The van der Waals surface area contributed by atoms with Gasteiger partial charge < -0.3 is 14.9 Å². The number of aryl methyl sites for hydroxylation is 2. The van der Waals surface area contributed by atoms with E-state index in [1.165, 1.54) is 87.4 Å². The smallest absolute Gasteiger partial charge is 0.0815 e. The molecule has 0 amide bonds. The quantitative estimate of drug-likeness (QED) is 0.0593. The van der Waals surface area contributed by atoms with Crippen molar-refractivity contribution in [2.45, 2.75) is 144 Å². The predicted octanol–water partition coefficient (Wildman–Crippen LogP) is 15.6. The lowest BCUT2D eigenvalue weighted by Crippen LogP contribution is -2.25. The number of rotatable bonds is 20. The third kappa shape index (κ3) is 12.8. The van der Waals surface area contributed by atoms with Gasteiger partial charge in [0.15, 0.2) is 0 Å². The Hall–Kier alpha value is -6.04. The zero-order valence-electron chi connectivity index (χ0n) is 40.0. The molecule has 0 spiro atoms. The number of nitrogens with zero attached hydrogens (tertiary/aromatic N) is 3. The summed E-state index contributed by atoms with van der Waals surface area (Å²) in [5.74, 6) is 14.3. The Morgan fingerprint density at radius 2 is 0.831 bits per heavy atom. The Morgan fingerprint density at radius 1 is 0.415 bits per heavy atom. The SMILES string of the molecule is CCCCCCc1c2ccc([nH]2)c(C#Cc2ccc(C)cc2)c2nc(c(CCCCC)c3nc(c(C#Cc4ccc(N(CCCCCC)CCCCCC)cc4)c4ccc1[nH]4)C=C3)C=C2. The molecule has 336 valence electrons. The highest BCUT2D eigenvalue weighted by Crippen LogP contribution is 2.29. The number of hydrogen-bond donors (Lipinski definition) is 2. The number of anilines is 1. The molecule has 0 aliphatic carbocycles. The van der Waals surface area contributed by atoms with Crippen molar-refractivity contribution in [3.05, 3.63) is 135 Å². The van der Waals surface area contributed by atoms with E-state index >= 15 is 0 Å². The minimum atomic E-state index is 0.867. The number of fused-ring (bicyclic) bond motifs is 8. The molecule has 5 aromatic rings. The molecule has 2 aliphatic rings. The van der Waals surface area contributed by atoms with Gasteiger partial charge in [-0.3, -0.25) is 0 Å². The van der Waals surface area contributed by atoms with Crippen LogP contribution in [0.2, 0.25) is 0 Å². The van der Waals surface area contributed by atoms with E-state index < -0.39 is 0 Å². The van der Waals surface area contributed by atoms with Crippen LogP contribution >= 0.6 is 0 Å². The molecular formula is C60H71N5. The minimum absolute atomic E-state index is 0.867. The van der Waals surface area contributed by atoms with Gasteiger partial charge in [0.1, 0.15) is 0 Å². The average Bonchev–Trinajstić information content (AvgIpc) is 4.18. The first-order chi connectivity index (χ1) is 32.0. The fourth-order valence-electron chi connectivity index (χ4n) is 8.88. The number of unbranched alkanes of at least 4 members (excludes halogenated alkanes) is 11. The molecule has 5 heteroatoms. The van der Waals surface area contributed by atoms with Crippen molar-refractivity contribution in [2.24, 2.45) is 0 Å². The summed E-state index contributed by atoms with van der Waals surface area (Å²) >= 11 is 0. The molecule has 7 rings (SSSR count). The second-order valence-corrected chi connectivity index (χ2v) is 18.0. The molecule has 0 saturated carbocycles. The van der Waals surface area contributed by atoms with Crippen LogP contribution in [-0.2, 0) is 12.8 Å². The fraction of sp³-hybridized carbons (Fsp3) is 0.400. The molecule has 5 nitrogen and oxygen atoms in total. The van der Waals surface area contributed by atoms with Gasteiger partial charge in [-0.05, 0) is 136 Å². The molecule has 5 heterocycles. The second kappa shape index (κ2) is 24.3. The van der Waals surface area contributed by atoms with E-state index in [-0.39, 0.29) is 0 Å². The first kappa shape index (κ1) is 46.9. The van der Waals surface area contributed by atoms with Crippen molar-refractivity contribution in [3.8, 4) is 23.7 Å². The van der Waals surface area contributed by atoms with Gasteiger partial charge in [0.05, 0.1) is 44.9 Å². The molecule has 65 heavy (non-hydrogen) atoms. The van der Waals surface area contributed by atoms with E-state index in [9.17, 15) is 0 Å². The number of benzene rings is 2. The normalized spacial score (nSPS) is 11.6. The van der Waals surface area contributed by atoms with Gasteiger partial charge in [-0.1, -0.05) is 140 Å². The Bertz CT molecular complexity index is 2690. The Kier molecular flexibility index (Phi) is 17.6. The summed E-state index contributed by atoms with van der Waals surface area (Å²) in [5, 5.41) is 0. The largest absolute Gasteiger partial charge is 0.372 e. The van der Waals surface area contributed by atoms with E-state index in [1.807, 2.05) is 0 Å². The van der Waals surface area contributed by atoms with Gasteiger partial charge in [-0.2, -0.15) is 0 Å². The van der Waals surface area contributed by atoms with Crippen molar-refractivity contribution in [2.75, 3.05) is 18.0 Å². The molecule has 0 fully saturated rings. The summed E-state index contributed by atoms with van der Waals surface area (Å²) in [6.45, 7) is 13.4. The summed E-state index contributed by atoms with van der Waals surface area (Å²) in [4.78, 5) is 21.1. The van der Waals surface area contributed by atoms with Crippen molar-refractivity contribution in [3.63, 3.8) is 0 Å². The standard InChI is InChI=1S/C60H71N5/c1-6-10-14-18-22-50-55-37-41-58(63-55)51(33-29-46-25-23-45(5)24-26-46)57-39-35-53(61-57)49(21-17-13-9-4)54-36-40-59(62-54)52(60-42-38-56(50)64-60)34-30-47-27-31-48(32-28-47)65(43-19-15-11-7-2)44-20-16-12-8-3/h23-28,31-32,35-42,63-64H,6-22,43-44H2,1-5H3. The van der Waals surface area contributed by atoms with Crippen LogP contribution in [-0.4, -0.2) is 33.0 Å². The maximum Gasteiger partial charge on any atom is 0.0815 e. The van der Waals surface area contributed by atoms with E-state index in [2.05, 4.69) is 170 Å². The summed E-state index contributed by atoms with van der Waals surface area (Å²) < 4.78 is 0. The van der Waals surface area contributed by atoms with Crippen molar-refractivity contribution >= 4 is 52.1 Å². The first-order valence-electron chi connectivity index (χ1n) is 25.1. The van der Waals surface area contributed by atoms with Crippen LogP contribution < -0.4 is 4.90 Å². The molecule has 0 atom stereocenters. The maximum absolute atomic E-state index is 5.39. The second-order valence-electron chi connectivity index (χ2n) is 18.0. The molecule has 2 aromatic carbocycles. The number of aromatic amines is 2. The summed E-state index contributed by atoms with van der Waals surface area (Å²) in [6, 6.07) is 26.2. The Morgan fingerprint density at radius 3 is 1.34 bits per heavy atom. The van der Waals surface area contributed by atoms with Crippen molar-refractivity contribution in [1.82, 2.24) is 19.9 Å². The van der Waals surface area contributed by atoms with Crippen molar-refractivity contribution < 1.29 is 0 Å². The zero-order valence-corrected chi connectivity index (χ0v) is 40.0. The van der Waals surface area contributed by atoms with Gasteiger partial charge in [-0.15, -0.1) is 0 Å². The number of H-pyrrole nitrogens is 2. The highest BCUT2D eigenvalue weighted by Gasteiger charge is 2.16. The molecule has 8 bridgehead atoms. The van der Waals surface area contributed by atoms with Crippen LogP contribution in [0.1, 0.15) is 186 Å². The van der Waals surface area contributed by atoms with Crippen LogP contribution in [0.4, 0.5) is 5.69 Å². The van der Waals surface area contributed by atoms with Crippen LogP contribution in [0, 0.1) is 30.6 Å². The number of aromatic nitrogens is 4. The predicted molar refractivity (Wildman–Crippen MR) is 280 cm³/mol. The van der Waals surface area contributed by atoms with E-state index in [0.717, 1.165) is 124 Å². The first-order valence-corrected chi connectivity index (χ1v) is 25.1. The Balaban J connectivity index is 1.38. The molecular weight excluding hydrogens is 791 g/mol. The highest BCUT2D eigenvalue weighted by atomic mass is 15.1. The van der Waals surface area contributed by atoms with Crippen LogP contribution in [0.15, 0.2) is 72.8 Å². The minimum Gasteiger partial charge on any atom is -0.372 e. The molecule has 2 aliphatic heterocycles. The number of hydrogen-bond acceptors (Lipinski definition) is 3. The van der Waals surface area contributed by atoms with E-state index in [1.54, 1.807) is 0 Å². The summed E-state index contributed by atoms with van der Waals surface area (Å²) in [7, 11) is 0. The lowest BCUT2D eigenvalue weighted by molar-refractivity contribution is 0.609. The van der Waals surface area contributed by atoms with Gasteiger partial charge in [0.25, 0.3) is 0 Å². The van der Waals surface area contributed by atoms with Gasteiger partial charge in [0.2, 0.25) is 0 Å². The highest BCUT2D eigenvalue weighted by molar-refractivity contribution is 5.86. The van der Waals surface area contributed by atoms with E-state index in [4.69, 9.17) is 9.97 Å².